The van der Waals surface area contributed by atoms with Gasteiger partial charge in [-0.25, -0.2) is 0 Å². The number of hydrogen-bond acceptors (Lipinski definition) is 4. The highest BCUT2D eigenvalue weighted by Gasteiger charge is 2.22. The van der Waals surface area contributed by atoms with Gasteiger partial charge in [-0.05, 0) is 19.8 Å². The van der Waals surface area contributed by atoms with Crippen LogP contribution in [0.15, 0.2) is 0 Å². The maximum absolute atomic E-state index is 11.4. The molecule has 0 saturated heterocycles. The fraction of sp³-hybridized carbons (Fsp3) is 0.900. The second kappa shape index (κ2) is 6.79. The molecule has 0 aliphatic rings. The van der Waals surface area contributed by atoms with Gasteiger partial charge in [0, 0.05) is 6.54 Å². The zero-order valence-corrected chi connectivity index (χ0v) is 9.41. The summed E-state index contributed by atoms with van der Waals surface area (Å²) in [6.45, 7) is 8.13. The van der Waals surface area contributed by atoms with Crippen molar-refractivity contribution in [2.45, 2.75) is 39.8 Å². The molecule has 14 heavy (non-hydrogen) atoms. The van der Waals surface area contributed by atoms with E-state index in [1.165, 1.54) is 0 Å². The molecule has 0 aromatic rings. The van der Waals surface area contributed by atoms with Gasteiger partial charge in [-0.2, -0.15) is 0 Å². The molecule has 0 radical (unpaired) electrons. The summed E-state index contributed by atoms with van der Waals surface area (Å²) in [4.78, 5) is 11.4. The van der Waals surface area contributed by atoms with Crippen LogP contribution in [-0.4, -0.2) is 36.4 Å². The van der Waals surface area contributed by atoms with E-state index in [2.05, 4.69) is 5.32 Å². The predicted molar refractivity (Wildman–Crippen MR) is 54.9 cm³/mol. The van der Waals surface area contributed by atoms with Crippen LogP contribution < -0.4 is 5.32 Å². The van der Waals surface area contributed by atoms with Crippen LogP contribution in [0.2, 0.25) is 0 Å². The van der Waals surface area contributed by atoms with Gasteiger partial charge >= 0.3 is 5.97 Å². The molecule has 0 fully saturated rings. The molecule has 2 atom stereocenters. The monoisotopic (exact) mass is 203 g/mol. The Balaban J connectivity index is 4.08. The molecule has 0 aromatic carbocycles. The fourth-order valence-corrected chi connectivity index (χ4v) is 1.12. The van der Waals surface area contributed by atoms with Crippen LogP contribution in [0.4, 0.5) is 0 Å². The molecular formula is C10H21NO3. The maximum Gasteiger partial charge on any atom is 0.323 e. The Bertz CT molecular complexity index is 169. The molecular weight excluding hydrogens is 182 g/mol. The van der Waals surface area contributed by atoms with Crippen LogP contribution in [0, 0.1) is 5.92 Å². The Kier molecular flexibility index (Phi) is 6.49. The Labute approximate surface area is 85.6 Å². The minimum absolute atomic E-state index is 0.160. The first-order valence-electron chi connectivity index (χ1n) is 5.07. The van der Waals surface area contributed by atoms with E-state index < -0.39 is 6.10 Å². The van der Waals surface area contributed by atoms with Crippen molar-refractivity contribution >= 4 is 5.97 Å². The van der Waals surface area contributed by atoms with Crippen molar-refractivity contribution in [2.24, 2.45) is 5.92 Å². The summed E-state index contributed by atoms with van der Waals surface area (Å²) in [7, 11) is 0. The number of ether oxygens (including phenoxy) is 1. The third-order valence-electron chi connectivity index (χ3n) is 1.84. The largest absolute Gasteiger partial charge is 0.465 e. The molecule has 0 rings (SSSR count). The second-order valence-electron chi connectivity index (χ2n) is 3.73. The average molecular weight is 203 g/mol. The molecule has 2 N–H and O–H groups in total. The number of carbonyl (C=O) groups is 1. The molecule has 0 heterocycles. The van der Waals surface area contributed by atoms with Gasteiger partial charge in [0.05, 0.1) is 12.7 Å². The summed E-state index contributed by atoms with van der Waals surface area (Å²) in [5, 5.41) is 12.1. The predicted octanol–water partition coefficient (Wildman–Crippen LogP) is 0.544. The molecule has 0 aromatic heterocycles. The molecule has 4 heteroatoms. The van der Waals surface area contributed by atoms with E-state index in [-0.39, 0.29) is 17.9 Å². The van der Waals surface area contributed by atoms with E-state index in [0.29, 0.717) is 13.2 Å². The molecule has 2 unspecified atom stereocenters. The quantitative estimate of drug-likeness (QED) is 0.619. The highest BCUT2D eigenvalue weighted by atomic mass is 16.5. The van der Waals surface area contributed by atoms with E-state index in [0.717, 1.165) is 0 Å². The van der Waals surface area contributed by atoms with Crippen LogP contribution in [0.1, 0.15) is 27.7 Å². The van der Waals surface area contributed by atoms with Gasteiger partial charge in [0.25, 0.3) is 0 Å². The van der Waals surface area contributed by atoms with E-state index in [4.69, 9.17) is 9.84 Å². The van der Waals surface area contributed by atoms with Crippen LogP contribution in [0.3, 0.4) is 0 Å². The molecule has 0 saturated carbocycles. The lowest BCUT2D eigenvalue weighted by molar-refractivity contribution is -0.146. The van der Waals surface area contributed by atoms with Gasteiger partial charge in [0.15, 0.2) is 0 Å². The SMILES string of the molecule is CCOC(=O)C(NCC(C)O)C(C)C. The number of aliphatic hydroxyl groups is 1. The smallest absolute Gasteiger partial charge is 0.323 e. The molecule has 0 amide bonds. The summed E-state index contributed by atoms with van der Waals surface area (Å²) >= 11 is 0. The van der Waals surface area contributed by atoms with Gasteiger partial charge in [0.1, 0.15) is 6.04 Å². The van der Waals surface area contributed by atoms with Crippen LogP contribution in [0.5, 0.6) is 0 Å². The normalized spacial score (nSPS) is 15.3. The third-order valence-corrected chi connectivity index (χ3v) is 1.84. The lowest BCUT2D eigenvalue weighted by Gasteiger charge is -2.21. The molecule has 0 spiro atoms. The lowest BCUT2D eigenvalue weighted by atomic mass is 10.0. The molecule has 84 valence electrons. The first kappa shape index (κ1) is 13.4. The Morgan fingerprint density at radius 2 is 2.00 bits per heavy atom. The zero-order chi connectivity index (χ0) is 11.1. The van der Waals surface area contributed by atoms with E-state index in [1.54, 1.807) is 13.8 Å². The minimum atomic E-state index is -0.453. The van der Waals surface area contributed by atoms with E-state index in [9.17, 15) is 4.79 Å². The van der Waals surface area contributed by atoms with Crippen molar-refractivity contribution in [1.82, 2.24) is 5.32 Å². The van der Waals surface area contributed by atoms with Crippen LogP contribution >= 0.6 is 0 Å². The van der Waals surface area contributed by atoms with Crippen molar-refractivity contribution in [3.63, 3.8) is 0 Å². The highest BCUT2D eigenvalue weighted by molar-refractivity contribution is 5.76. The third kappa shape index (κ3) is 5.19. The fourth-order valence-electron chi connectivity index (χ4n) is 1.12. The first-order valence-corrected chi connectivity index (χ1v) is 5.07. The van der Waals surface area contributed by atoms with Gasteiger partial charge in [0.2, 0.25) is 0 Å². The van der Waals surface area contributed by atoms with Crippen molar-refractivity contribution < 1.29 is 14.6 Å². The summed E-state index contributed by atoms with van der Waals surface area (Å²) < 4.78 is 4.91. The maximum atomic E-state index is 11.4. The van der Waals surface area contributed by atoms with Gasteiger partial charge in [-0.3, -0.25) is 4.79 Å². The Hall–Kier alpha value is -0.610. The van der Waals surface area contributed by atoms with Gasteiger partial charge in [-0.1, -0.05) is 13.8 Å². The molecule has 4 nitrogen and oxygen atoms in total. The van der Waals surface area contributed by atoms with Crippen molar-refractivity contribution in [1.29, 1.82) is 0 Å². The number of rotatable bonds is 6. The van der Waals surface area contributed by atoms with Crippen LogP contribution in [0.25, 0.3) is 0 Å². The minimum Gasteiger partial charge on any atom is -0.465 e. The summed E-state index contributed by atoms with van der Waals surface area (Å²) in [6.07, 6.45) is -0.453. The number of nitrogens with one attached hydrogen (secondary N) is 1. The van der Waals surface area contributed by atoms with E-state index in [1.807, 2.05) is 13.8 Å². The Morgan fingerprint density at radius 1 is 1.43 bits per heavy atom. The number of carbonyl (C=O) groups excluding carboxylic acids is 1. The standard InChI is InChI=1S/C10H21NO3/c1-5-14-10(13)9(7(2)3)11-6-8(4)12/h7-9,11-12H,5-6H2,1-4H3. The number of esters is 1. The summed E-state index contributed by atoms with van der Waals surface area (Å²) in [5.41, 5.74) is 0. The zero-order valence-electron chi connectivity index (χ0n) is 9.41. The molecule has 0 aliphatic heterocycles. The van der Waals surface area contributed by atoms with Gasteiger partial charge < -0.3 is 15.2 Å². The van der Waals surface area contributed by atoms with Crippen molar-refractivity contribution in [3.8, 4) is 0 Å². The summed E-state index contributed by atoms with van der Waals surface area (Å²) in [5.74, 6) is -0.0871. The van der Waals surface area contributed by atoms with Crippen molar-refractivity contribution in [3.05, 3.63) is 0 Å². The first-order chi connectivity index (χ1) is 6.49. The number of aliphatic hydroxyl groups excluding tert-OH is 1. The highest BCUT2D eigenvalue weighted by Crippen LogP contribution is 2.03. The van der Waals surface area contributed by atoms with Crippen LogP contribution in [-0.2, 0) is 9.53 Å². The second-order valence-corrected chi connectivity index (χ2v) is 3.73. The topological polar surface area (TPSA) is 58.6 Å². The summed E-state index contributed by atoms with van der Waals surface area (Å²) in [6, 6.07) is -0.329. The average Bonchev–Trinajstić information content (AvgIpc) is 2.03. The number of hydrogen-bond donors (Lipinski definition) is 2. The van der Waals surface area contributed by atoms with Gasteiger partial charge in [-0.15, -0.1) is 0 Å². The van der Waals surface area contributed by atoms with E-state index >= 15 is 0 Å². The Morgan fingerprint density at radius 3 is 2.36 bits per heavy atom. The molecule has 0 aliphatic carbocycles. The molecule has 0 bridgehead atoms. The van der Waals surface area contributed by atoms with Crippen molar-refractivity contribution in [2.75, 3.05) is 13.2 Å². The lowest BCUT2D eigenvalue weighted by Crippen LogP contribution is -2.44.